The van der Waals surface area contributed by atoms with Crippen LogP contribution in [0.1, 0.15) is 6.92 Å². The summed E-state index contributed by atoms with van der Waals surface area (Å²) in [6.07, 6.45) is 0. The van der Waals surface area contributed by atoms with E-state index in [2.05, 4.69) is 6.58 Å². The predicted molar refractivity (Wildman–Crippen MR) is 37.4 cm³/mol. The van der Waals surface area contributed by atoms with Crippen molar-refractivity contribution >= 4 is 11.6 Å². The quantitative estimate of drug-likeness (QED) is 0.257. The van der Waals surface area contributed by atoms with Gasteiger partial charge in [-0.25, -0.2) is 0 Å². The fourth-order valence-electron chi connectivity index (χ4n) is 0.247. The molecule has 0 fully saturated rings. The van der Waals surface area contributed by atoms with Gasteiger partial charge in [-0.05, 0) is 6.92 Å². The fraction of sp³-hybridized carbons (Fsp3) is 0.667. The summed E-state index contributed by atoms with van der Waals surface area (Å²) in [6.45, 7) is 6.31. The third-order valence-electron chi connectivity index (χ3n) is 0.700. The van der Waals surface area contributed by atoms with Crippen LogP contribution in [0.3, 0.4) is 0 Å². The lowest BCUT2D eigenvalue weighted by Crippen LogP contribution is -1.99. The lowest BCUT2D eigenvalue weighted by molar-refractivity contribution is -0.0160. The Hall–Kier alpha value is -0.210. The average molecular weight is 151 g/mol. The van der Waals surface area contributed by atoms with Crippen LogP contribution in [0.5, 0.6) is 0 Å². The zero-order chi connectivity index (χ0) is 7.11. The second kappa shape index (κ2) is 5.92. The van der Waals surface area contributed by atoms with Gasteiger partial charge in [0.15, 0.2) is 6.79 Å². The van der Waals surface area contributed by atoms with Gasteiger partial charge in [0.2, 0.25) is 0 Å². The first kappa shape index (κ1) is 8.79. The molecule has 54 valence electrons. The Morgan fingerprint density at radius 1 is 1.67 bits per heavy atom. The van der Waals surface area contributed by atoms with Crippen LogP contribution in [0.2, 0.25) is 0 Å². The number of hydrogen-bond donors (Lipinski definition) is 0. The minimum atomic E-state index is 0.252. The molecule has 0 aromatic carbocycles. The molecule has 0 aromatic heterocycles. The van der Waals surface area contributed by atoms with Crippen LogP contribution in [0.25, 0.3) is 0 Å². The Balaban J connectivity index is 2.97. The van der Waals surface area contributed by atoms with Gasteiger partial charge in [-0.3, -0.25) is 0 Å². The van der Waals surface area contributed by atoms with Crippen molar-refractivity contribution in [2.45, 2.75) is 6.92 Å². The summed E-state index contributed by atoms with van der Waals surface area (Å²) < 4.78 is 9.75. The number of hydrogen-bond acceptors (Lipinski definition) is 2. The maximum atomic E-state index is 5.35. The number of alkyl halides is 1. The molecule has 0 saturated heterocycles. The van der Waals surface area contributed by atoms with Crippen molar-refractivity contribution < 1.29 is 9.47 Å². The summed E-state index contributed by atoms with van der Waals surface area (Å²) in [5.74, 6) is 0.873. The lowest BCUT2D eigenvalue weighted by atomic mass is 10.7. The van der Waals surface area contributed by atoms with Crippen molar-refractivity contribution in [1.29, 1.82) is 0 Å². The molecule has 0 spiro atoms. The second-order valence-electron chi connectivity index (χ2n) is 1.43. The van der Waals surface area contributed by atoms with Gasteiger partial charge in [0.05, 0.1) is 5.88 Å². The van der Waals surface area contributed by atoms with E-state index in [0.29, 0.717) is 18.2 Å². The Labute approximate surface area is 60.4 Å². The van der Waals surface area contributed by atoms with Crippen molar-refractivity contribution in [3.8, 4) is 0 Å². The topological polar surface area (TPSA) is 18.5 Å². The van der Waals surface area contributed by atoms with Gasteiger partial charge in [0.1, 0.15) is 5.76 Å². The first-order valence-corrected chi connectivity index (χ1v) is 3.29. The highest BCUT2D eigenvalue weighted by Crippen LogP contribution is 1.95. The van der Waals surface area contributed by atoms with Crippen LogP contribution in [0.15, 0.2) is 12.3 Å². The van der Waals surface area contributed by atoms with E-state index < -0.39 is 0 Å². The van der Waals surface area contributed by atoms with E-state index in [1.807, 2.05) is 6.92 Å². The molecule has 0 amide bonds. The minimum absolute atomic E-state index is 0.252. The largest absolute Gasteiger partial charge is 0.471 e. The molecule has 0 atom stereocenters. The fourth-order valence-corrected chi connectivity index (χ4v) is 0.324. The van der Waals surface area contributed by atoms with E-state index in [1.54, 1.807) is 0 Å². The van der Waals surface area contributed by atoms with E-state index in [-0.39, 0.29) is 6.79 Å². The molecule has 0 heterocycles. The van der Waals surface area contributed by atoms with Crippen molar-refractivity contribution in [1.82, 2.24) is 0 Å². The molecule has 0 bridgehead atoms. The van der Waals surface area contributed by atoms with E-state index in [1.165, 1.54) is 0 Å². The highest BCUT2D eigenvalue weighted by atomic mass is 35.5. The van der Waals surface area contributed by atoms with E-state index in [0.717, 1.165) is 0 Å². The van der Waals surface area contributed by atoms with Crippen molar-refractivity contribution in [2.75, 3.05) is 19.3 Å². The van der Waals surface area contributed by atoms with Gasteiger partial charge < -0.3 is 9.47 Å². The lowest BCUT2D eigenvalue weighted by Gasteiger charge is -2.04. The molecule has 2 nitrogen and oxygen atoms in total. The Morgan fingerprint density at radius 3 is 2.78 bits per heavy atom. The third kappa shape index (κ3) is 5.66. The SMILES string of the molecule is C=C(CCl)OCOCC. The van der Waals surface area contributed by atoms with Crippen LogP contribution in [-0.4, -0.2) is 19.3 Å². The molecule has 0 aliphatic rings. The summed E-state index contributed by atoms with van der Waals surface area (Å²) in [7, 11) is 0. The summed E-state index contributed by atoms with van der Waals surface area (Å²) in [4.78, 5) is 0. The minimum Gasteiger partial charge on any atom is -0.471 e. The highest BCUT2D eigenvalue weighted by molar-refractivity contribution is 6.19. The van der Waals surface area contributed by atoms with Crippen LogP contribution in [0, 0.1) is 0 Å². The van der Waals surface area contributed by atoms with Crippen molar-refractivity contribution in [3.05, 3.63) is 12.3 Å². The number of halogens is 1. The first-order valence-electron chi connectivity index (χ1n) is 2.75. The normalized spacial score (nSPS) is 9.11. The number of rotatable bonds is 5. The van der Waals surface area contributed by atoms with Gasteiger partial charge in [-0.15, -0.1) is 11.6 Å². The molecule has 0 unspecified atom stereocenters. The molecule has 0 aliphatic carbocycles. The molecule has 3 heteroatoms. The second-order valence-corrected chi connectivity index (χ2v) is 1.69. The van der Waals surface area contributed by atoms with Crippen molar-refractivity contribution in [3.63, 3.8) is 0 Å². The molecular formula is C6H11ClO2. The van der Waals surface area contributed by atoms with E-state index >= 15 is 0 Å². The Bertz CT molecular complexity index is 83.1. The molecule has 0 saturated carbocycles. The van der Waals surface area contributed by atoms with Gasteiger partial charge in [0.25, 0.3) is 0 Å². The van der Waals surface area contributed by atoms with Gasteiger partial charge in [-0.2, -0.15) is 0 Å². The summed E-state index contributed by atoms with van der Waals surface area (Å²) in [5, 5.41) is 0. The van der Waals surface area contributed by atoms with Crippen LogP contribution >= 0.6 is 11.6 Å². The summed E-state index contributed by atoms with van der Waals surface area (Å²) in [6, 6.07) is 0. The molecule has 0 rings (SSSR count). The molecule has 0 aromatic rings. The third-order valence-corrected chi connectivity index (χ3v) is 0.998. The summed E-state index contributed by atoms with van der Waals surface area (Å²) >= 11 is 5.35. The Kier molecular flexibility index (Phi) is 5.78. The predicted octanol–water partition coefficient (Wildman–Crippen LogP) is 1.75. The molecule has 0 N–H and O–H groups in total. The van der Waals surface area contributed by atoms with Gasteiger partial charge >= 0.3 is 0 Å². The standard InChI is InChI=1S/C6H11ClO2/c1-3-8-5-9-6(2)4-7/h2-5H2,1H3. The number of ether oxygens (including phenoxy) is 2. The Morgan fingerprint density at radius 2 is 2.33 bits per heavy atom. The maximum absolute atomic E-state index is 5.35. The highest BCUT2D eigenvalue weighted by Gasteiger charge is 1.88. The summed E-state index contributed by atoms with van der Waals surface area (Å²) in [5.41, 5.74) is 0. The van der Waals surface area contributed by atoms with E-state index in [9.17, 15) is 0 Å². The monoisotopic (exact) mass is 150 g/mol. The number of allylic oxidation sites excluding steroid dienone is 1. The zero-order valence-corrected chi connectivity index (χ0v) is 6.28. The van der Waals surface area contributed by atoms with Crippen molar-refractivity contribution in [2.24, 2.45) is 0 Å². The molecule has 0 aliphatic heterocycles. The maximum Gasteiger partial charge on any atom is 0.188 e. The van der Waals surface area contributed by atoms with Crippen LogP contribution in [0.4, 0.5) is 0 Å². The van der Waals surface area contributed by atoms with Gasteiger partial charge in [-0.1, -0.05) is 6.58 Å². The average Bonchev–Trinajstić information content (AvgIpc) is 1.89. The molecular weight excluding hydrogens is 140 g/mol. The molecule has 0 radical (unpaired) electrons. The smallest absolute Gasteiger partial charge is 0.188 e. The van der Waals surface area contributed by atoms with Crippen LogP contribution < -0.4 is 0 Å². The van der Waals surface area contributed by atoms with E-state index in [4.69, 9.17) is 21.1 Å². The van der Waals surface area contributed by atoms with Gasteiger partial charge in [0, 0.05) is 6.61 Å². The molecule has 9 heavy (non-hydrogen) atoms. The van der Waals surface area contributed by atoms with Crippen LogP contribution in [-0.2, 0) is 9.47 Å². The first-order chi connectivity index (χ1) is 4.31. The zero-order valence-electron chi connectivity index (χ0n) is 5.52.